The molecule has 3 aromatic rings. The Labute approximate surface area is 240 Å². The first kappa shape index (κ1) is 27.4. The van der Waals surface area contributed by atoms with Crippen LogP contribution in [0.1, 0.15) is 5.56 Å². The van der Waals surface area contributed by atoms with E-state index in [2.05, 4.69) is 44.2 Å². The summed E-state index contributed by atoms with van der Waals surface area (Å²) in [6.07, 6.45) is 8.77. The summed E-state index contributed by atoms with van der Waals surface area (Å²) in [6, 6.07) is 9.85. The molecule has 3 heterocycles. The molecule has 9 nitrogen and oxygen atoms in total. The lowest BCUT2D eigenvalue weighted by molar-refractivity contribution is -0.0635. The van der Waals surface area contributed by atoms with E-state index in [1.807, 2.05) is 29.4 Å². The van der Waals surface area contributed by atoms with Gasteiger partial charge in [0.2, 0.25) is 0 Å². The lowest BCUT2D eigenvalue weighted by atomic mass is 10.0. The smallest absolute Gasteiger partial charge is 0.141 e. The highest BCUT2D eigenvalue weighted by molar-refractivity contribution is 6.36. The molecule has 2 aliphatic heterocycles. The number of aliphatic imine (C=N–C) groups is 1. The normalized spacial score (nSPS) is 16.1. The van der Waals surface area contributed by atoms with Gasteiger partial charge in [-0.15, -0.1) is 5.53 Å². The van der Waals surface area contributed by atoms with Crippen molar-refractivity contribution in [2.45, 2.75) is 12.1 Å². The topological polar surface area (TPSA) is 110 Å². The maximum Gasteiger partial charge on any atom is 0.141 e. The van der Waals surface area contributed by atoms with E-state index in [0.717, 1.165) is 11.3 Å². The lowest BCUT2D eigenvalue weighted by Gasteiger charge is -2.33. The molecule has 0 saturated carbocycles. The van der Waals surface area contributed by atoms with E-state index in [4.69, 9.17) is 27.9 Å². The monoisotopic (exact) mass is 578 g/mol. The zero-order valence-electron chi connectivity index (χ0n) is 21.4. The van der Waals surface area contributed by atoms with Crippen LogP contribution < -0.4 is 21.6 Å². The Morgan fingerprint density at radius 1 is 1.30 bits per heavy atom. The molecule has 40 heavy (non-hydrogen) atoms. The Balaban J connectivity index is 1.54. The first-order valence-electron chi connectivity index (χ1n) is 12.3. The molecule has 1 fully saturated rings. The van der Waals surface area contributed by atoms with Crippen LogP contribution in [0.4, 0.5) is 21.5 Å². The van der Waals surface area contributed by atoms with Crippen LogP contribution in [0.3, 0.4) is 0 Å². The molecule has 4 N–H and O–H groups in total. The number of benzene rings is 2. The summed E-state index contributed by atoms with van der Waals surface area (Å²) in [5.74, 6) is -0.542. The number of aromatic nitrogens is 1. The van der Waals surface area contributed by atoms with Crippen LogP contribution >= 0.6 is 23.2 Å². The van der Waals surface area contributed by atoms with Crippen LogP contribution in [0.5, 0.6) is 0 Å². The Bertz CT molecular complexity index is 1600. The number of hydrazine groups is 2. The fourth-order valence-corrected chi connectivity index (χ4v) is 4.69. The number of nitrogens with one attached hydrogen (secondary N) is 4. The minimum Gasteiger partial charge on any atom is -0.377 e. The van der Waals surface area contributed by atoms with Crippen molar-refractivity contribution < 1.29 is 9.13 Å². The lowest BCUT2D eigenvalue weighted by Crippen LogP contribution is -2.52. The largest absolute Gasteiger partial charge is 0.377 e. The van der Waals surface area contributed by atoms with E-state index in [-0.39, 0.29) is 22.7 Å². The third-order valence-electron chi connectivity index (χ3n) is 6.39. The Kier molecular flexibility index (Phi) is 8.19. The van der Waals surface area contributed by atoms with Crippen LogP contribution in [0.25, 0.3) is 10.9 Å². The maximum atomic E-state index is 13.8. The van der Waals surface area contributed by atoms with Gasteiger partial charge in [0.05, 0.1) is 57.8 Å². The minimum atomic E-state index is -0.542. The molecule has 0 amide bonds. The van der Waals surface area contributed by atoms with Crippen LogP contribution in [0.2, 0.25) is 10.0 Å². The van der Waals surface area contributed by atoms with E-state index >= 15 is 0 Å². The average molecular weight is 579 g/mol. The van der Waals surface area contributed by atoms with Gasteiger partial charge in [0.15, 0.2) is 0 Å². The zero-order valence-corrected chi connectivity index (χ0v) is 22.9. The van der Waals surface area contributed by atoms with Crippen molar-refractivity contribution >= 4 is 57.4 Å². The number of rotatable bonds is 9. The first-order chi connectivity index (χ1) is 19.4. The second kappa shape index (κ2) is 11.9. The standard InChI is InChI=1S/C28H25Cl2FN8O/c1-16(4-3-7-33-2)26(25-13-39(38-37-25)20-14-40-15-20)36-19-8-21-27(35-18-5-6-24(31)22(29)9-18)17(11-32)12-34-28(21)23(30)10-19/h3-10,12-13,20,26,36-38H,1,14-15H2,2H3,(H,34,35)/b4-3-,33-7-/t26-/m0/s1. The third kappa shape index (κ3) is 5.73. The number of ether oxygens (including phenoxy) is 1. The molecule has 204 valence electrons. The Hall–Kier alpha value is -4.14. The van der Waals surface area contributed by atoms with Gasteiger partial charge in [0.25, 0.3) is 0 Å². The van der Waals surface area contributed by atoms with Crippen molar-refractivity contribution in [1.29, 1.82) is 5.26 Å². The van der Waals surface area contributed by atoms with Crippen molar-refractivity contribution in [3.8, 4) is 6.07 Å². The molecule has 1 aromatic heterocycles. The summed E-state index contributed by atoms with van der Waals surface area (Å²) >= 11 is 12.7. The SMILES string of the molecule is C=C(/C=C\C=N/C)[C@H](Nc1cc(Cl)c2ncc(C#N)c(Nc3ccc(F)c(Cl)c3)c2c1)C1=CN(C2COC2)NN1. The van der Waals surface area contributed by atoms with Crippen molar-refractivity contribution in [3.05, 3.63) is 94.2 Å². The third-order valence-corrected chi connectivity index (χ3v) is 6.97. The van der Waals surface area contributed by atoms with Crippen molar-refractivity contribution in [2.75, 3.05) is 30.9 Å². The maximum absolute atomic E-state index is 13.8. The summed E-state index contributed by atoms with van der Waals surface area (Å²) in [7, 11) is 1.69. The minimum absolute atomic E-state index is 0.0433. The molecule has 5 rings (SSSR count). The second-order valence-electron chi connectivity index (χ2n) is 9.11. The molecule has 0 spiro atoms. The van der Waals surface area contributed by atoms with Gasteiger partial charge in [0.1, 0.15) is 11.9 Å². The number of nitrogens with zero attached hydrogens (tertiary/aromatic N) is 4. The van der Waals surface area contributed by atoms with E-state index in [9.17, 15) is 9.65 Å². The summed E-state index contributed by atoms with van der Waals surface area (Å²) < 4.78 is 19.1. The van der Waals surface area contributed by atoms with Gasteiger partial charge in [-0.1, -0.05) is 35.9 Å². The molecule has 0 aliphatic carbocycles. The van der Waals surface area contributed by atoms with Gasteiger partial charge in [-0.3, -0.25) is 15.0 Å². The van der Waals surface area contributed by atoms with E-state index < -0.39 is 5.82 Å². The number of pyridine rings is 1. The molecule has 12 heteroatoms. The van der Waals surface area contributed by atoms with Gasteiger partial charge in [-0.2, -0.15) is 5.26 Å². The van der Waals surface area contributed by atoms with Crippen LogP contribution in [0, 0.1) is 17.1 Å². The molecule has 2 aromatic carbocycles. The fourth-order valence-electron chi connectivity index (χ4n) is 4.24. The number of halogens is 3. The molecular weight excluding hydrogens is 554 g/mol. The predicted octanol–water partition coefficient (Wildman–Crippen LogP) is 5.45. The molecule has 1 saturated heterocycles. The summed E-state index contributed by atoms with van der Waals surface area (Å²) in [4.78, 5) is 8.40. The number of anilines is 3. The highest BCUT2D eigenvalue weighted by Crippen LogP contribution is 2.36. The number of allylic oxidation sites excluding steroid dienone is 1. The number of nitriles is 1. The van der Waals surface area contributed by atoms with Gasteiger partial charge in [-0.25, -0.2) is 4.39 Å². The highest BCUT2D eigenvalue weighted by Gasteiger charge is 2.30. The summed E-state index contributed by atoms with van der Waals surface area (Å²) in [5, 5.41) is 19.4. The molecule has 1 atom stereocenters. The number of hydrogen-bond donors (Lipinski definition) is 4. The van der Waals surface area contributed by atoms with E-state index in [1.165, 1.54) is 24.4 Å². The summed E-state index contributed by atoms with van der Waals surface area (Å²) in [6.45, 7) is 5.53. The second-order valence-corrected chi connectivity index (χ2v) is 9.92. The molecule has 0 bridgehead atoms. The van der Waals surface area contributed by atoms with Crippen molar-refractivity contribution in [3.63, 3.8) is 0 Å². The zero-order chi connectivity index (χ0) is 28.2. The average Bonchev–Trinajstić information content (AvgIpc) is 3.37. The Morgan fingerprint density at radius 3 is 2.80 bits per heavy atom. The molecular formula is C28H25Cl2FN8O. The van der Waals surface area contributed by atoms with Crippen LogP contribution in [-0.4, -0.2) is 48.6 Å². The fraction of sp³-hybridized carbons (Fsp3) is 0.179. The molecule has 0 unspecified atom stereocenters. The first-order valence-corrected chi connectivity index (χ1v) is 13.0. The highest BCUT2D eigenvalue weighted by atomic mass is 35.5. The van der Waals surface area contributed by atoms with Gasteiger partial charge in [0, 0.05) is 42.4 Å². The predicted molar refractivity (Wildman–Crippen MR) is 157 cm³/mol. The Morgan fingerprint density at radius 2 is 2.10 bits per heavy atom. The molecule has 0 radical (unpaired) electrons. The van der Waals surface area contributed by atoms with Crippen LogP contribution in [0.15, 0.2) is 77.7 Å². The van der Waals surface area contributed by atoms with Crippen molar-refractivity contribution in [2.24, 2.45) is 4.99 Å². The van der Waals surface area contributed by atoms with Crippen LogP contribution in [-0.2, 0) is 4.74 Å². The van der Waals surface area contributed by atoms with Gasteiger partial charge < -0.3 is 20.8 Å². The van der Waals surface area contributed by atoms with E-state index in [1.54, 1.807) is 19.3 Å². The number of hydrogen-bond acceptors (Lipinski definition) is 9. The van der Waals surface area contributed by atoms with Gasteiger partial charge in [-0.05, 0) is 42.0 Å². The quantitative estimate of drug-likeness (QED) is 0.196. The summed E-state index contributed by atoms with van der Waals surface area (Å²) in [5.41, 5.74) is 10.4. The van der Waals surface area contributed by atoms with Gasteiger partial charge >= 0.3 is 0 Å². The van der Waals surface area contributed by atoms with E-state index in [0.29, 0.717) is 46.2 Å². The van der Waals surface area contributed by atoms with Crippen molar-refractivity contribution in [1.82, 2.24) is 21.0 Å². The number of fused-ring (bicyclic) bond motifs is 1. The molecule has 2 aliphatic rings.